The van der Waals surface area contributed by atoms with E-state index >= 15 is 0 Å². The largest absolute Gasteiger partial charge is 0.465 e. The Hall–Kier alpha value is -3.26. The van der Waals surface area contributed by atoms with Crippen LogP contribution in [0.3, 0.4) is 0 Å². The average molecular weight is 386 g/mol. The molecule has 0 aliphatic heterocycles. The number of anilines is 1. The molecule has 27 heavy (non-hydrogen) atoms. The van der Waals surface area contributed by atoms with Gasteiger partial charge < -0.3 is 14.8 Å². The maximum Gasteiger partial charge on any atom is 0.337 e. The molecule has 0 saturated heterocycles. The fraction of sp³-hybridized carbons (Fsp3) is 0.158. The van der Waals surface area contributed by atoms with Crippen LogP contribution in [0.15, 0.2) is 42.5 Å². The lowest BCUT2D eigenvalue weighted by Crippen LogP contribution is -2.34. The molecule has 2 aromatic rings. The molecule has 0 aliphatic carbocycles. The van der Waals surface area contributed by atoms with E-state index in [1.165, 1.54) is 32.4 Å². The molecule has 0 heterocycles. The molecule has 0 spiro atoms. The van der Waals surface area contributed by atoms with Gasteiger partial charge in [0.2, 0.25) is 0 Å². The highest BCUT2D eigenvalue weighted by molar-refractivity contribution is 7.80. The summed E-state index contributed by atoms with van der Waals surface area (Å²) in [5.41, 5.74) is 1.89. The van der Waals surface area contributed by atoms with Gasteiger partial charge in [-0.2, -0.15) is 0 Å². The van der Waals surface area contributed by atoms with E-state index in [1.54, 1.807) is 12.1 Å². The number of benzene rings is 2. The lowest BCUT2D eigenvalue weighted by molar-refractivity contribution is 0.0599. The normalized spacial score (nSPS) is 9.89. The minimum Gasteiger partial charge on any atom is -0.465 e. The summed E-state index contributed by atoms with van der Waals surface area (Å²) in [6.07, 6.45) is 0. The molecule has 0 saturated carbocycles. The molecule has 0 bridgehead atoms. The first kappa shape index (κ1) is 20.1. The maximum absolute atomic E-state index is 12.3. The van der Waals surface area contributed by atoms with Crippen molar-refractivity contribution in [3.05, 3.63) is 64.7 Å². The number of nitrogens with one attached hydrogen (secondary N) is 2. The van der Waals surface area contributed by atoms with Crippen molar-refractivity contribution in [2.24, 2.45) is 0 Å². The van der Waals surface area contributed by atoms with Crippen LogP contribution < -0.4 is 10.6 Å². The summed E-state index contributed by atoms with van der Waals surface area (Å²) in [5.74, 6) is -1.62. The molecule has 7 nitrogen and oxygen atoms in total. The van der Waals surface area contributed by atoms with Crippen LogP contribution in [0.25, 0.3) is 0 Å². The fourth-order valence-electron chi connectivity index (χ4n) is 2.33. The molecule has 0 aromatic heterocycles. The highest BCUT2D eigenvalue weighted by atomic mass is 32.1. The van der Waals surface area contributed by atoms with Gasteiger partial charge in [-0.25, -0.2) is 9.59 Å². The average Bonchev–Trinajstić information content (AvgIpc) is 2.66. The van der Waals surface area contributed by atoms with Crippen LogP contribution in [0.2, 0.25) is 0 Å². The van der Waals surface area contributed by atoms with Crippen molar-refractivity contribution in [3.8, 4) is 0 Å². The summed E-state index contributed by atoms with van der Waals surface area (Å²) in [6, 6.07) is 11.3. The second-order valence-electron chi connectivity index (χ2n) is 5.51. The zero-order valence-electron chi connectivity index (χ0n) is 15.0. The molecule has 140 valence electrons. The van der Waals surface area contributed by atoms with Crippen molar-refractivity contribution in [2.75, 3.05) is 19.5 Å². The van der Waals surface area contributed by atoms with Gasteiger partial charge in [0, 0.05) is 11.3 Å². The molecule has 0 fully saturated rings. The Morgan fingerprint density at radius 1 is 0.926 bits per heavy atom. The smallest absolute Gasteiger partial charge is 0.337 e. The Kier molecular flexibility index (Phi) is 6.62. The Morgan fingerprint density at radius 2 is 1.48 bits per heavy atom. The van der Waals surface area contributed by atoms with E-state index in [9.17, 15) is 14.4 Å². The number of carbonyl (C=O) groups excluding carboxylic acids is 3. The molecule has 1 amide bonds. The van der Waals surface area contributed by atoms with E-state index in [2.05, 4.69) is 20.1 Å². The Labute approximate surface area is 161 Å². The number of aryl methyl sites for hydroxylation is 1. The molecule has 2 N–H and O–H groups in total. The van der Waals surface area contributed by atoms with Crippen LogP contribution in [0.5, 0.6) is 0 Å². The van der Waals surface area contributed by atoms with E-state index in [0.29, 0.717) is 11.3 Å². The van der Waals surface area contributed by atoms with Crippen LogP contribution in [-0.4, -0.2) is 37.2 Å². The van der Waals surface area contributed by atoms with Gasteiger partial charge in [-0.15, -0.1) is 0 Å². The first-order chi connectivity index (χ1) is 12.8. The van der Waals surface area contributed by atoms with E-state index in [0.717, 1.165) is 5.56 Å². The number of methoxy groups -OCH3 is 2. The topological polar surface area (TPSA) is 93.7 Å². The number of hydrogen-bond donors (Lipinski definition) is 2. The number of esters is 2. The SMILES string of the molecule is COC(=O)c1cc(NC(=S)NC(=O)c2ccccc2C)cc(C(=O)OC)c1. The van der Waals surface area contributed by atoms with Gasteiger partial charge in [0.15, 0.2) is 5.11 Å². The van der Waals surface area contributed by atoms with Gasteiger partial charge >= 0.3 is 11.9 Å². The fourth-order valence-corrected chi connectivity index (χ4v) is 2.54. The summed E-state index contributed by atoms with van der Waals surface area (Å²) in [6.45, 7) is 1.81. The first-order valence-corrected chi connectivity index (χ1v) is 8.26. The highest BCUT2D eigenvalue weighted by Crippen LogP contribution is 2.17. The molecule has 8 heteroatoms. The van der Waals surface area contributed by atoms with Crippen molar-refractivity contribution in [1.29, 1.82) is 0 Å². The summed E-state index contributed by atoms with van der Waals surface area (Å²) in [7, 11) is 2.46. The molecular formula is C19H18N2O5S. The van der Waals surface area contributed by atoms with Crippen LogP contribution in [0, 0.1) is 6.92 Å². The zero-order chi connectivity index (χ0) is 20.0. The molecule has 2 aromatic carbocycles. The van der Waals surface area contributed by atoms with Gasteiger partial charge in [0.05, 0.1) is 25.3 Å². The summed E-state index contributed by atoms with van der Waals surface area (Å²) < 4.78 is 9.36. The van der Waals surface area contributed by atoms with E-state index in [-0.39, 0.29) is 22.1 Å². The van der Waals surface area contributed by atoms with Gasteiger partial charge in [-0.3, -0.25) is 10.1 Å². The standard InChI is InChI=1S/C19H18N2O5S/c1-11-6-4-5-7-15(11)16(22)21-19(27)20-14-9-12(17(23)25-2)8-13(10-14)18(24)26-3/h4-10H,1-3H3,(H2,20,21,22,27). The zero-order valence-corrected chi connectivity index (χ0v) is 15.8. The number of amides is 1. The van der Waals surface area contributed by atoms with Crippen LogP contribution in [0.1, 0.15) is 36.6 Å². The third-order valence-electron chi connectivity index (χ3n) is 3.65. The van der Waals surface area contributed by atoms with Crippen molar-refractivity contribution < 1.29 is 23.9 Å². The number of thiocarbonyl (C=S) groups is 1. The van der Waals surface area contributed by atoms with E-state index < -0.39 is 11.9 Å². The van der Waals surface area contributed by atoms with E-state index in [1.807, 2.05) is 19.1 Å². The summed E-state index contributed by atoms with van der Waals surface area (Å²) in [4.78, 5) is 35.9. The molecule has 0 radical (unpaired) electrons. The van der Waals surface area contributed by atoms with Crippen molar-refractivity contribution in [2.45, 2.75) is 6.92 Å². The van der Waals surface area contributed by atoms with Gasteiger partial charge in [-0.1, -0.05) is 18.2 Å². The van der Waals surface area contributed by atoms with Gasteiger partial charge in [0.1, 0.15) is 0 Å². The minimum atomic E-state index is -0.626. The minimum absolute atomic E-state index is 0.0149. The Balaban J connectivity index is 2.21. The highest BCUT2D eigenvalue weighted by Gasteiger charge is 2.15. The number of ether oxygens (including phenoxy) is 2. The second kappa shape index (κ2) is 8.91. The van der Waals surface area contributed by atoms with Gasteiger partial charge in [0.25, 0.3) is 5.91 Å². The van der Waals surface area contributed by atoms with E-state index in [4.69, 9.17) is 12.2 Å². The maximum atomic E-state index is 12.3. The number of hydrogen-bond acceptors (Lipinski definition) is 6. The van der Waals surface area contributed by atoms with Crippen molar-refractivity contribution in [3.63, 3.8) is 0 Å². The third-order valence-corrected chi connectivity index (χ3v) is 3.85. The van der Waals surface area contributed by atoms with Gasteiger partial charge in [-0.05, 0) is 49.0 Å². The quantitative estimate of drug-likeness (QED) is 0.616. The molecule has 0 aliphatic rings. The molecule has 0 unspecified atom stereocenters. The number of rotatable bonds is 4. The summed E-state index contributed by atoms with van der Waals surface area (Å²) in [5, 5.41) is 5.36. The van der Waals surface area contributed by atoms with Crippen molar-refractivity contribution in [1.82, 2.24) is 5.32 Å². The number of carbonyl (C=O) groups is 3. The lowest BCUT2D eigenvalue weighted by atomic mass is 10.1. The summed E-state index contributed by atoms with van der Waals surface area (Å²) >= 11 is 5.15. The molecule has 2 rings (SSSR count). The van der Waals surface area contributed by atoms with Crippen LogP contribution in [-0.2, 0) is 9.47 Å². The third kappa shape index (κ3) is 5.11. The lowest BCUT2D eigenvalue weighted by Gasteiger charge is -2.12. The monoisotopic (exact) mass is 386 g/mol. The van der Waals surface area contributed by atoms with Crippen LogP contribution >= 0.6 is 12.2 Å². The van der Waals surface area contributed by atoms with Crippen LogP contribution in [0.4, 0.5) is 5.69 Å². The molecule has 0 atom stereocenters. The second-order valence-corrected chi connectivity index (χ2v) is 5.91. The first-order valence-electron chi connectivity index (χ1n) is 7.85. The van der Waals surface area contributed by atoms with Crippen molar-refractivity contribution >= 4 is 40.9 Å². The Morgan fingerprint density at radius 3 is 2.00 bits per heavy atom. The predicted octanol–water partition coefficient (Wildman–Crippen LogP) is 2.70. The Bertz CT molecular complexity index is 876. The molecular weight excluding hydrogens is 368 g/mol. The predicted molar refractivity (Wildman–Crippen MR) is 104 cm³/mol.